The SMILES string of the molecule is O=C(Nc1cccc(C(=O)N(Br)c2ccc(C(F)(C(F)(F)F)C(F)(F)F)cc2Br)c1F)c1ccc(Cl)nc1. The zero-order chi connectivity index (χ0) is 28.6. The summed E-state index contributed by atoms with van der Waals surface area (Å²) < 4.78 is 108. The number of hydrogen-bond acceptors (Lipinski definition) is 3. The summed E-state index contributed by atoms with van der Waals surface area (Å²) in [7, 11) is 0. The fourth-order valence-corrected chi connectivity index (χ4v) is 4.49. The van der Waals surface area contributed by atoms with Gasteiger partial charge in [-0.2, -0.15) is 26.3 Å². The van der Waals surface area contributed by atoms with E-state index in [1.807, 2.05) is 0 Å². The highest BCUT2D eigenvalue weighted by atomic mass is 79.9. The predicted octanol–water partition coefficient (Wildman–Crippen LogP) is 8.14. The van der Waals surface area contributed by atoms with Crippen LogP contribution in [0.1, 0.15) is 26.3 Å². The van der Waals surface area contributed by atoms with Crippen LogP contribution in [0.15, 0.2) is 59.2 Å². The van der Waals surface area contributed by atoms with Crippen molar-refractivity contribution in [2.75, 3.05) is 9.24 Å². The number of halogens is 11. The molecule has 0 spiro atoms. The van der Waals surface area contributed by atoms with Gasteiger partial charge >= 0.3 is 18.0 Å². The van der Waals surface area contributed by atoms with E-state index in [0.717, 1.165) is 18.3 Å². The maximum Gasteiger partial charge on any atom is 0.435 e. The summed E-state index contributed by atoms with van der Waals surface area (Å²) in [4.78, 5) is 29.0. The maximum atomic E-state index is 15.1. The Morgan fingerprint density at radius 2 is 1.58 bits per heavy atom. The molecule has 16 heteroatoms. The third kappa shape index (κ3) is 5.64. The van der Waals surface area contributed by atoms with Gasteiger partial charge in [0.25, 0.3) is 11.8 Å². The molecule has 1 N–H and O–H groups in total. The van der Waals surface area contributed by atoms with Gasteiger partial charge in [0.2, 0.25) is 0 Å². The molecule has 0 saturated heterocycles. The lowest BCUT2D eigenvalue weighted by molar-refractivity contribution is -0.348. The Hall–Kier alpha value is -2.78. The third-order valence-corrected chi connectivity index (χ3v) is 6.55. The lowest BCUT2D eigenvalue weighted by Gasteiger charge is -2.30. The van der Waals surface area contributed by atoms with E-state index in [4.69, 9.17) is 11.6 Å². The smallest absolute Gasteiger partial charge is 0.319 e. The van der Waals surface area contributed by atoms with Crippen molar-refractivity contribution < 1.29 is 44.7 Å². The van der Waals surface area contributed by atoms with Crippen LogP contribution in [0.4, 0.5) is 46.5 Å². The van der Waals surface area contributed by atoms with Crippen LogP contribution in [0.2, 0.25) is 5.15 Å². The molecular weight excluding hydrogens is 686 g/mol. The molecule has 0 unspecified atom stereocenters. The summed E-state index contributed by atoms with van der Waals surface area (Å²) in [6, 6.07) is 6.95. The molecular formula is C22H10Br2ClF8N3O2. The van der Waals surface area contributed by atoms with Gasteiger partial charge in [-0.25, -0.2) is 17.7 Å². The Kier molecular flexibility index (Phi) is 8.44. The van der Waals surface area contributed by atoms with Crippen molar-refractivity contribution in [2.24, 2.45) is 0 Å². The number of nitrogens with one attached hydrogen (secondary N) is 1. The van der Waals surface area contributed by atoms with Crippen molar-refractivity contribution in [1.29, 1.82) is 0 Å². The van der Waals surface area contributed by atoms with Gasteiger partial charge in [-0.1, -0.05) is 23.7 Å². The van der Waals surface area contributed by atoms with Crippen molar-refractivity contribution in [3.63, 3.8) is 0 Å². The highest BCUT2D eigenvalue weighted by molar-refractivity contribution is 9.11. The zero-order valence-corrected chi connectivity index (χ0v) is 22.0. The Bertz CT molecular complexity index is 1370. The van der Waals surface area contributed by atoms with Crippen LogP contribution in [-0.4, -0.2) is 29.2 Å². The number of carbonyl (C=O) groups is 2. The summed E-state index contributed by atoms with van der Waals surface area (Å²) in [6.07, 6.45) is -11.6. The number of aromatic nitrogens is 1. The first-order valence-electron chi connectivity index (χ1n) is 9.83. The molecule has 5 nitrogen and oxygen atoms in total. The lowest BCUT2D eigenvalue weighted by atomic mass is 9.94. The molecule has 0 aliphatic rings. The number of amides is 2. The summed E-state index contributed by atoms with van der Waals surface area (Å²) in [5, 5.41) is 2.34. The number of rotatable bonds is 5. The quantitative estimate of drug-likeness (QED) is 0.167. The van der Waals surface area contributed by atoms with Crippen LogP contribution >= 0.6 is 43.7 Å². The van der Waals surface area contributed by atoms with E-state index in [0.29, 0.717) is 9.99 Å². The van der Waals surface area contributed by atoms with Crippen LogP contribution < -0.4 is 9.24 Å². The van der Waals surface area contributed by atoms with Gasteiger partial charge in [-0.05, 0) is 52.3 Å². The average Bonchev–Trinajstić information content (AvgIpc) is 2.82. The van der Waals surface area contributed by atoms with Crippen molar-refractivity contribution in [1.82, 2.24) is 4.98 Å². The molecule has 2 aromatic carbocycles. The minimum Gasteiger partial charge on any atom is -0.319 e. The fraction of sp³-hybridized carbons (Fsp3) is 0.136. The molecule has 1 heterocycles. The lowest BCUT2D eigenvalue weighted by Crippen LogP contribution is -2.50. The normalized spacial score (nSPS) is 12.3. The standard InChI is InChI=1S/C22H10Br2ClF8N3O2/c23-13-8-11(20(27,21(28,29)30)22(31,32)33)5-6-15(13)36(24)19(38)12-2-1-3-14(17(12)26)35-18(37)10-4-7-16(25)34-9-10/h1-9H,(H,35,37). The molecule has 0 aliphatic heterocycles. The summed E-state index contributed by atoms with van der Waals surface area (Å²) in [5.74, 6) is -3.17. The molecule has 0 atom stereocenters. The average molecular weight is 696 g/mol. The molecule has 0 aliphatic carbocycles. The van der Waals surface area contributed by atoms with Crippen molar-refractivity contribution in [3.8, 4) is 0 Å². The first-order chi connectivity index (χ1) is 17.5. The van der Waals surface area contributed by atoms with Gasteiger partial charge in [0.1, 0.15) is 5.15 Å². The van der Waals surface area contributed by atoms with Gasteiger partial charge in [-0.15, -0.1) is 0 Å². The van der Waals surface area contributed by atoms with Crippen LogP contribution in [0.25, 0.3) is 0 Å². The minimum atomic E-state index is -6.34. The molecule has 0 bridgehead atoms. The van der Waals surface area contributed by atoms with Gasteiger partial charge in [0.15, 0.2) is 5.82 Å². The van der Waals surface area contributed by atoms with Crippen LogP contribution in [-0.2, 0) is 5.67 Å². The largest absolute Gasteiger partial charge is 0.435 e. The minimum absolute atomic E-state index is 0.0123. The number of alkyl halides is 7. The number of anilines is 2. The molecule has 0 fully saturated rings. The van der Waals surface area contributed by atoms with Crippen LogP contribution in [0.3, 0.4) is 0 Å². The number of pyridine rings is 1. The summed E-state index contributed by atoms with van der Waals surface area (Å²) in [5.41, 5.74) is -8.93. The maximum absolute atomic E-state index is 15.1. The van der Waals surface area contributed by atoms with E-state index in [2.05, 4.69) is 42.4 Å². The number of carbonyl (C=O) groups excluding carboxylic acids is 2. The molecule has 2 amide bonds. The van der Waals surface area contributed by atoms with Gasteiger partial charge in [0, 0.05) is 16.2 Å². The zero-order valence-electron chi connectivity index (χ0n) is 18.1. The number of benzene rings is 2. The van der Waals surface area contributed by atoms with Gasteiger partial charge in [0.05, 0.1) is 38.6 Å². The second kappa shape index (κ2) is 10.8. The molecule has 3 aromatic rings. The van der Waals surface area contributed by atoms with E-state index in [1.54, 1.807) is 0 Å². The Morgan fingerprint density at radius 1 is 0.947 bits per heavy atom. The second-order valence-electron chi connectivity index (χ2n) is 7.40. The molecule has 202 valence electrons. The molecule has 38 heavy (non-hydrogen) atoms. The number of nitrogens with zero attached hydrogens (tertiary/aromatic N) is 2. The first-order valence-corrected chi connectivity index (χ1v) is 11.7. The molecule has 0 saturated carbocycles. The van der Waals surface area contributed by atoms with E-state index in [-0.39, 0.29) is 28.5 Å². The van der Waals surface area contributed by atoms with E-state index in [9.17, 15) is 40.3 Å². The second-order valence-corrected chi connectivity index (χ2v) is 9.35. The van der Waals surface area contributed by atoms with Crippen molar-refractivity contribution >= 4 is 66.9 Å². The van der Waals surface area contributed by atoms with E-state index < -0.39 is 56.9 Å². The Balaban J connectivity index is 1.92. The van der Waals surface area contributed by atoms with E-state index >= 15 is 4.39 Å². The van der Waals surface area contributed by atoms with E-state index in [1.165, 1.54) is 18.2 Å². The van der Waals surface area contributed by atoms with Crippen LogP contribution in [0, 0.1) is 5.82 Å². The predicted molar refractivity (Wildman–Crippen MR) is 128 cm³/mol. The highest BCUT2D eigenvalue weighted by Gasteiger charge is 2.73. The van der Waals surface area contributed by atoms with Crippen molar-refractivity contribution in [3.05, 3.63) is 86.9 Å². The summed E-state index contributed by atoms with van der Waals surface area (Å²) in [6.45, 7) is 0. The molecule has 0 radical (unpaired) electrons. The monoisotopic (exact) mass is 693 g/mol. The van der Waals surface area contributed by atoms with Crippen LogP contribution in [0.5, 0.6) is 0 Å². The van der Waals surface area contributed by atoms with Gasteiger partial charge < -0.3 is 5.32 Å². The first kappa shape index (κ1) is 29.8. The third-order valence-electron chi connectivity index (χ3n) is 4.98. The topological polar surface area (TPSA) is 62.3 Å². The van der Waals surface area contributed by atoms with Crippen molar-refractivity contribution in [2.45, 2.75) is 18.0 Å². The van der Waals surface area contributed by atoms with Gasteiger partial charge in [-0.3, -0.25) is 9.59 Å². The Morgan fingerprint density at radius 3 is 2.11 bits per heavy atom. The highest BCUT2D eigenvalue weighted by Crippen LogP contribution is 2.54. The number of hydrogen-bond donors (Lipinski definition) is 1. The Labute approximate surface area is 230 Å². The molecule has 1 aromatic heterocycles. The fourth-order valence-electron chi connectivity index (χ4n) is 3.08. The summed E-state index contributed by atoms with van der Waals surface area (Å²) >= 11 is 11.2. The molecule has 3 rings (SSSR count).